The number of hydrogen-bond acceptors (Lipinski definition) is 3. The van der Waals surface area contributed by atoms with Crippen LogP contribution in [0.3, 0.4) is 0 Å². The Balaban J connectivity index is 2.23. The second kappa shape index (κ2) is 6.87. The molecule has 2 atom stereocenters. The number of amides is 1. The SMILES string of the molecule is CCCN(C(=O)c1ccn(C)c(=O)c1)[C@@H]1C[C@H](OCC)C1(C)C. The number of hydrogen-bond donors (Lipinski definition) is 0. The summed E-state index contributed by atoms with van der Waals surface area (Å²) in [7, 11) is 1.68. The number of ether oxygens (including phenoxy) is 1. The molecule has 5 nitrogen and oxygen atoms in total. The minimum absolute atomic E-state index is 0.0578. The lowest BCUT2D eigenvalue weighted by atomic mass is 9.63. The molecule has 0 aliphatic heterocycles. The first kappa shape index (κ1) is 17.7. The van der Waals surface area contributed by atoms with E-state index in [1.807, 2.05) is 11.8 Å². The van der Waals surface area contributed by atoms with Crippen molar-refractivity contribution in [3.63, 3.8) is 0 Å². The number of carbonyl (C=O) groups excluding carboxylic acids is 1. The first-order valence-corrected chi connectivity index (χ1v) is 8.42. The van der Waals surface area contributed by atoms with Crippen LogP contribution in [0.15, 0.2) is 23.1 Å². The third-order valence-corrected chi connectivity index (χ3v) is 4.95. The monoisotopic (exact) mass is 320 g/mol. The van der Waals surface area contributed by atoms with Gasteiger partial charge in [-0.1, -0.05) is 20.8 Å². The van der Waals surface area contributed by atoms with E-state index in [9.17, 15) is 9.59 Å². The molecule has 1 fully saturated rings. The Labute approximate surface area is 138 Å². The summed E-state index contributed by atoms with van der Waals surface area (Å²) in [5.41, 5.74) is 0.241. The van der Waals surface area contributed by atoms with E-state index in [4.69, 9.17) is 4.74 Å². The molecule has 1 saturated carbocycles. The van der Waals surface area contributed by atoms with Crippen molar-refractivity contribution in [2.24, 2.45) is 12.5 Å². The molecule has 1 aromatic heterocycles. The standard InChI is InChI=1S/C18H28N2O3/c1-6-9-20(14-12-15(23-7-2)18(14,3)4)17(22)13-8-10-19(5)16(21)11-13/h8,10-11,14-15H,6-7,9,12H2,1-5H3/t14-,15+/m1/s1. The van der Waals surface area contributed by atoms with Gasteiger partial charge in [-0.3, -0.25) is 9.59 Å². The van der Waals surface area contributed by atoms with Crippen molar-refractivity contribution in [1.82, 2.24) is 9.47 Å². The van der Waals surface area contributed by atoms with Crippen molar-refractivity contribution in [3.8, 4) is 0 Å². The molecule has 0 N–H and O–H groups in total. The molecule has 128 valence electrons. The molecular weight excluding hydrogens is 292 g/mol. The molecule has 23 heavy (non-hydrogen) atoms. The quantitative estimate of drug-likeness (QED) is 0.809. The van der Waals surface area contributed by atoms with E-state index < -0.39 is 0 Å². The Hall–Kier alpha value is -1.62. The molecule has 1 aromatic rings. The van der Waals surface area contributed by atoms with Crippen molar-refractivity contribution in [2.75, 3.05) is 13.2 Å². The Morgan fingerprint density at radius 2 is 2.13 bits per heavy atom. The molecule has 5 heteroatoms. The zero-order chi connectivity index (χ0) is 17.2. The van der Waals surface area contributed by atoms with Gasteiger partial charge < -0.3 is 14.2 Å². The molecule has 2 rings (SSSR count). The van der Waals surface area contributed by atoms with Crippen LogP contribution in [0.25, 0.3) is 0 Å². The molecule has 1 amide bonds. The highest BCUT2D eigenvalue weighted by Gasteiger charge is 2.52. The van der Waals surface area contributed by atoms with Crippen molar-refractivity contribution >= 4 is 5.91 Å². The largest absolute Gasteiger partial charge is 0.378 e. The van der Waals surface area contributed by atoms with Gasteiger partial charge in [-0.05, 0) is 25.8 Å². The average molecular weight is 320 g/mol. The highest BCUT2D eigenvalue weighted by Crippen LogP contribution is 2.46. The van der Waals surface area contributed by atoms with Gasteiger partial charge in [0.15, 0.2) is 0 Å². The Kier molecular flexibility index (Phi) is 5.30. The molecule has 0 saturated heterocycles. The van der Waals surface area contributed by atoms with Gasteiger partial charge in [0.2, 0.25) is 0 Å². The summed E-state index contributed by atoms with van der Waals surface area (Å²) in [5, 5.41) is 0. The van der Waals surface area contributed by atoms with Gasteiger partial charge in [-0.2, -0.15) is 0 Å². The first-order chi connectivity index (χ1) is 10.8. The fraction of sp³-hybridized carbons (Fsp3) is 0.667. The van der Waals surface area contributed by atoms with Crippen molar-refractivity contribution in [2.45, 2.75) is 52.7 Å². The van der Waals surface area contributed by atoms with Gasteiger partial charge in [0, 0.05) is 49.5 Å². The van der Waals surface area contributed by atoms with Crippen LogP contribution in [0, 0.1) is 5.41 Å². The maximum atomic E-state index is 12.9. The number of nitrogens with zero attached hydrogens (tertiary/aromatic N) is 2. The first-order valence-electron chi connectivity index (χ1n) is 8.42. The topological polar surface area (TPSA) is 51.5 Å². The molecule has 1 heterocycles. The van der Waals surface area contributed by atoms with Crippen LogP contribution in [-0.2, 0) is 11.8 Å². The third kappa shape index (κ3) is 3.34. The van der Waals surface area contributed by atoms with E-state index in [0.29, 0.717) is 18.7 Å². The molecule has 0 aromatic carbocycles. The van der Waals surface area contributed by atoms with E-state index in [-0.39, 0.29) is 29.0 Å². The van der Waals surface area contributed by atoms with E-state index in [0.717, 1.165) is 12.8 Å². The summed E-state index contributed by atoms with van der Waals surface area (Å²) in [6.07, 6.45) is 3.59. The van der Waals surface area contributed by atoms with Crippen molar-refractivity contribution in [1.29, 1.82) is 0 Å². The second-order valence-electron chi connectivity index (χ2n) is 6.88. The van der Waals surface area contributed by atoms with Crippen LogP contribution in [0.4, 0.5) is 0 Å². The van der Waals surface area contributed by atoms with Gasteiger partial charge in [-0.25, -0.2) is 0 Å². The highest BCUT2D eigenvalue weighted by atomic mass is 16.5. The summed E-state index contributed by atoms with van der Waals surface area (Å²) >= 11 is 0. The Bertz CT molecular complexity index is 621. The van der Waals surface area contributed by atoms with Crippen LogP contribution in [0.2, 0.25) is 0 Å². The summed E-state index contributed by atoms with van der Waals surface area (Å²) < 4.78 is 7.25. The number of rotatable bonds is 6. The lowest BCUT2D eigenvalue weighted by Gasteiger charge is -2.55. The van der Waals surface area contributed by atoms with E-state index in [1.54, 1.807) is 19.3 Å². The van der Waals surface area contributed by atoms with Gasteiger partial charge in [0.1, 0.15) is 0 Å². The summed E-state index contributed by atoms with van der Waals surface area (Å²) in [6.45, 7) is 9.76. The lowest BCUT2D eigenvalue weighted by Crippen LogP contribution is -2.63. The predicted molar refractivity (Wildman–Crippen MR) is 90.6 cm³/mol. The van der Waals surface area contributed by atoms with E-state index in [2.05, 4.69) is 20.8 Å². The van der Waals surface area contributed by atoms with Crippen molar-refractivity contribution in [3.05, 3.63) is 34.2 Å². The molecule has 1 aliphatic rings. The number of aromatic nitrogens is 1. The van der Waals surface area contributed by atoms with Crippen LogP contribution < -0.4 is 5.56 Å². The van der Waals surface area contributed by atoms with Crippen LogP contribution in [-0.4, -0.2) is 40.7 Å². The van der Waals surface area contributed by atoms with Gasteiger partial charge in [0.05, 0.1) is 6.10 Å². The molecule has 0 spiro atoms. The fourth-order valence-electron chi connectivity index (χ4n) is 3.36. The smallest absolute Gasteiger partial charge is 0.254 e. The highest BCUT2D eigenvalue weighted by molar-refractivity contribution is 5.94. The number of pyridine rings is 1. The van der Waals surface area contributed by atoms with E-state index in [1.165, 1.54) is 10.6 Å². The molecule has 0 bridgehead atoms. The van der Waals surface area contributed by atoms with Crippen LogP contribution in [0.5, 0.6) is 0 Å². The van der Waals surface area contributed by atoms with Gasteiger partial charge >= 0.3 is 0 Å². The minimum Gasteiger partial charge on any atom is -0.378 e. The number of carbonyl (C=O) groups is 1. The zero-order valence-electron chi connectivity index (χ0n) is 14.8. The maximum Gasteiger partial charge on any atom is 0.254 e. The molecule has 0 radical (unpaired) electrons. The van der Waals surface area contributed by atoms with Gasteiger partial charge in [0.25, 0.3) is 11.5 Å². The second-order valence-corrected chi connectivity index (χ2v) is 6.88. The molecule has 1 aliphatic carbocycles. The van der Waals surface area contributed by atoms with Crippen LogP contribution in [0.1, 0.15) is 50.9 Å². The van der Waals surface area contributed by atoms with Crippen LogP contribution >= 0.6 is 0 Å². The minimum atomic E-state index is -0.160. The Morgan fingerprint density at radius 3 is 2.65 bits per heavy atom. The average Bonchev–Trinajstić information content (AvgIpc) is 2.51. The maximum absolute atomic E-state index is 12.9. The van der Waals surface area contributed by atoms with E-state index >= 15 is 0 Å². The zero-order valence-corrected chi connectivity index (χ0v) is 14.8. The van der Waals surface area contributed by atoms with Gasteiger partial charge in [-0.15, -0.1) is 0 Å². The molecular formula is C18H28N2O3. The predicted octanol–water partition coefficient (Wildman–Crippen LogP) is 2.44. The molecule has 0 unspecified atom stereocenters. The fourth-order valence-corrected chi connectivity index (χ4v) is 3.36. The third-order valence-electron chi connectivity index (χ3n) is 4.95. The summed E-state index contributed by atoms with van der Waals surface area (Å²) in [5.74, 6) is -0.0578. The summed E-state index contributed by atoms with van der Waals surface area (Å²) in [4.78, 5) is 26.7. The lowest BCUT2D eigenvalue weighted by molar-refractivity contribution is -0.140. The van der Waals surface area contributed by atoms with Crippen molar-refractivity contribution < 1.29 is 9.53 Å². The normalized spacial score (nSPS) is 22.5. The number of aryl methyl sites for hydroxylation is 1. The Morgan fingerprint density at radius 1 is 1.43 bits per heavy atom. The summed E-state index contributed by atoms with van der Waals surface area (Å²) in [6, 6.07) is 3.30.